The molecule has 112 valence electrons. The van der Waals surface area contributed by atoms with Crippen LogP contribution >= 0.6 is 39.7 Å². The zero-order valence-corrected chi connectivity index (χ0v) is 15.2. The van der Waals surface area contributed by atoms with Crippen molar-refractivity contribution in [1.29, 1.82) is 0 Å². The fraction of sp³-hybridized carbons (Fsp3) is 0.636. The summed E-state index contributed by atoms with van der Waals surface area (Å²) >= 11 is 4.71. The number of nitrogens with two attached hydrogens (primary N) is 1. The summed E-state index contributed by atoms with van der Waals surface area (Å²) in [7, 11) is -3.48. The van der Waals surface area contributed by atoms with Crippen LogP contribution in [0.2, 0.25) is 0 Å². The van der Waals surface area contributed by atoms with Crippen LogP contribution in [0.1, 0.15) is 25.1 Å². The smallest absolute Gasteiger partial charge is 0.241 e. The molecule has 1 atom stereocenters. The van der Waals surface area contributed by atoms with Gasteiger partial charge in [0.05, 0.1) is 8.68 Å². The van der Waals surface area contributed by atoms with Crippen molar-refractivity contribution >= 4 is 49.7 Å². The first kappa shape index (κ1) is 19.3. The first-order chi connectivity index (χ1) is 8.26. The minimum atomic E-state index is -3.48. The maximum Gasteiger partial charge on any atom is 0.241 e. The van der Waals surface area contributed by atoms with E-state index in [2.05, 4.69) is 20.7 Å². The van der Waals surface area contributed by atoms with Crippen LogP contribution < -0.4 is 10.5 Å². The number of halogens is 2. The molecule has 8 heteroatoms. The van der Waals surface area contributed by atoms with Crippen LogP contribution in [-0.2, 0) is 10.0 Å². The third kappa shape index (κ3) is 5.69. The van der Waals surface area contributed by atoms with Gasteiger partial charge < -0.3 is 5.73 Å². The Balaban J connectivity index is 0.00000324. The van der Waals surface area contributed by atoms with Crippen LogP contribution in [0.3, 0.4) is 0 Å². The molecule has 0 aliphatic heterocycles. The highest BCUT2D eigenvalue weighted by Crippen LogP contribution is 2.29. The fourth-order valence-electron chi connectivity index (χ4n) is 1.74. The lowest BCUT2D eigenvalue weighted by Gasteiger charge is -2.18. The second kappa shape index (κ2) is 7.95. The number of rotatable bonds is 6. The monoisotopic (exact) mass is 390 g/mol. The standard InChI is InChI=1S/C11H19BrN2O2S2.ClH/c1-7(2)4-9(6-13)14-18(15,16)10-5-11(12)17-8(10)3;/h5,7,9,14H,4,6,13H2,1-3H3;1H. The lowest BCUT2D eigenvalue weighted by Crippen LogP contribution is -2.41. The summed E-state index contributed by atoms with van der Waals surface area (Å²) in [6, 6.07) is 1.42. The fourth-order valence-corrected chi connectivity index (χ4v) is 5.42. The minimum Gasteiger partial charge on any atom is -0.329 e. The topological polar surface area (TPSA) is 72.2 Å². The zero-order valence-electron chi connectivity index (χ0n) is 11.1. The average molecular weight is 392 g/mol. The van der Waals surface area contributed by atoms with Crippen molar-refractivity contribution in [3.8, 4) is 0 Å². The molecule has 4 nitrogen and oxygen atoms in total. The van der Waals surface area contributed by atoms with Crippen molar-refractivity contribution in [2.24, 2.45) is 11.7 Å². The summed E-state index contributed by atoms with van der Waals surface area (Å²) in [5, 5.41) is 0. The molecule has 0 radical (unpaired) electrons. The summed E-state index contributed by atoms with van der Waals surface area (Å²) in [6.45, 7) is 6.19. The maximum absolute atomic E-state index is 12.2. The molecule has 0 aromatic carbocycles. The van der Waals surface area contributed by atoms with Gasteiger partial charge in [-0.25, -0.2) is 13.1 Å². The molecule has 0 saturated heterocycles. The Kier molecular flexibility index (Phi) is 8.09. The maximum atomic E-state index is 12.2. The molecule has 0 aliphatic rings. The van der Waals surface area contributed by atoms with E-state index in [1.165, 1.54) is 11.3 Å². The van der Waals surface area contributed by atoms with E-state index in [1.807, 2.05) is 13.8 Å². The first-order valence-electron chi connectivity index (χ1n) is 5.74. The van der Waals surface area contributed by atoms with Crippen LogP contribution in [0.4, 0.5) is 0 Å². The molecule has 0 fully saturated rings. The summed E-state index contributed by atoms with van der Waals surface area (Å²) in [6.07, 6.45) is 0.736. The molecule has 1 rings (SSSR count). The minimum absolute atomic E-state index is 0. The van der Waals surface area contributed by atoms with E-state index >= 15 is 0 Å². The molecule has 19 heavy (non-hydrogen) atoms. The Morgan fingerprint density at radius 2 is 2.05 bits per heavy atom. The van der Waals surface area contributed by atoms with E-state index in [1.54, 1.807) is 13.0 Å². The normalized spacial score (nSPS) is 13.4. The van der Waals surface area contributed by atoms with Crippen LogP contribution in [0.15, 0.2) is 14.7 Å². The van der Waals surface area contributed by atoms with Crippen molar-refractivity contribution < 1.29 is 8.42 Å². The quantitative estimate of drug-likeness (QED) is 0.783. The van der Waals surface area contributed by atoms with Gasteiger partial charge in [-0.3, -0.25) is 0 Å². The molecule has 1 heterocycles. The van der Waals surface area contributed by atoms with Gasteiger partial charge in [-0.1, -0.05) is 13.8 Å². The highest BCUT2D eigenvalue weighted by molar-refractivity contribution is 9.11. The number of sulfonamides is 1. The van der Waals surface area contributed by atoms with Crippen molar-refractivity contribution in [2.45, 2.75) is 38.1 Å². The predicted molar refractivity (Wildman–Crippen MR) is 86.6 cm³/mol. The van der Waals surface area contributed by atoms with Gasteiger partial charge in [0, 0.05) is 17.5 Å². The summed E-state index contributed by atoms with van der Waals surface area (Å²) in [5.74, 6) is 0.400. The van der Waals surface area contributed by atoms with Crippen LogP contribution in [0.5, 0.6) is 0 Å². The van der Waals surface area contributed by atoms with E-state index < -0.39 is 10.0 Å². The summed E-state index contributed by atoms with van der Waals surface area (Å²) < 4.78 is 28.0. The van der Waals surface area contributed by atoms with Crippen LogP contribution in [-0.4, -0.2) is 21.0 Å². The third-order valence-corrected chi connectivity index (χ3v) is 5.82. The summed E-state index contributed by atoms with van der Waals surface area (Å²) in [4.78, 5) is 1.11. The molecule has 3 N–H and O–H groups in total. The second-order valence-corrected chi connectivity index (χ2v) is 8.97. The molecule has 1 aromatic heterocycles. The van der Waals surface area contributed by atoms with E-state index in [0.29, 0.717) is 17.4 Å². The molecule has 0 bridgehead atoms. The van der Waals surface area contributed by atoms with Gasteiger partial charge in [0.25, 0.3) is 0 Å². The van der Waals surface area contributed by atoms with E-state index in [-0.39, 0.29) is 18.4 Å². The highest BCUT2D eigenvalue weighted by Gasteiger charge is 2.23. The van der Waals surface area contributed by atoms with Gasteiger partial charge in [0.2, 0.25) is 10.0 Å². The molecule has 1 unspecified atom stereocenters. The van der Waals surface area contributed by atoms with Gasteiger partial charge in [0.15, 0.2) is 0 Å². The Bertz CT molecular complexity index is 503. The number of hydrogen-bond donors (Lipinski definition) is 2. The Labute approximate surface area is 133 Å². The van der Waals surface area contributed by atoms with Gasteiger partial charge in [0.1, 0.15) is 0 Å². The predicted octanol–water partition coefficient (Wildman–Crippen LogP) is 2.89. The zero-order chi connectivity index (χ0) is 13.9. The first-order valence-corrected chi connectivity index (χ1v) is 8.84. The van der Waals surface area contributed by atoms with Crippen LogP contribution in [0.25, 0.3) is 0 Å². The second-order valence-electron chi connectivity index (χ2n) is 4.65. The highest BCUT2D eigenvalue weighted by atomic mass is 79.9. The molecule has 0 spiro atoms. The average Bonchev–Trinajstić information content (AvgIpc) is 2.56. The molecular weight excluding hydrogens is 372 g/mol. The van der Waals surface area contributed by atoms with Gasteiger partial charge >= 0.3 is 0 Å². The van der Waals surface area contributed by atoms with Crippen molar-refractivity contribution in [2.75, 3.05) is 6.54 Å². The number of hydrogen-bond acceptors (Lipinski definition) is 4. The molecule has 0 aliphatic carbocycles. The largest absolute Gasteiger partial charge is 0.329 e. The van der Waals surface area contributed by atoms with E-state index in [0.717, 1.165) is 15.1 Å². The van der Waals surface area contributed by atoms with Crippen molar-refractivity contribution in [3.05, 3.63) is 14.7 Å². The van der Waals surface area contributed by atoms with Crippen molar-refractivity contribution in [1.82, 2.24) is 4.72 Å². The molecule has 0 amide bonds. The third-order valence-electron chi connectivity index (χ3n) is 2.49. The SMILES string of the molecule is Cc1sc(Br)cc1S(=O)(=O)NC(CN)CC(C)C.Cl. The number of thiophene rings is 1. The van der Waals surface area contributed by atoms with Gasteiger partial charge in [-0.2, -0.15) is 0 Å². The Morgan fingerprint density at radius 3 is 2.42 bits per heavy atom. The summed E-state index contributed by atoms with van der Waals surface area (Å²) in [5.41, 5.74) is 5.62. The Morgan fingerprint density at radius 1 is 1.47 bits per heavy atom. The molecule has 0 saturated carbocycles. The number of nitrogens with one attached hydrogen (secondary N) is 1. The van der Waals surface area contributed by atoms with Crippen LogP contribution in [0, 0.1) is 12.8 Å². The van der Waals surface area contributed by atoms with Gasteiger partial charge in [-0.15, -0.1) is 23.7 Å². The number of aryl methyl sites for hydroxylation is 1. The lowest BCUT2D eigenvalue weighted by atomic mass is 10.1. The van der Waals surface area contributed by atoms with Gasteiger partial charge in [-0.05, 0) is 41.3 Å². The van der Waals surface area contributed by atoms with E-state index in [9.17, 15) is 8.42 Å². The lowest BCUT2D eigenvalue weighted by molar-refractivity contribution is 0.465. The molecular formula is C11H20BrClN2O2S2. The Hall–Kier alpha value is 0.340. The van der Waals surface area contributed by atoms with Crippen molar-refractivity contribution in [3.63, 3.8) is 0 Å². The van der Waals surface area contributed by atoms with E-state index in [4.69, 9.17) is 5.73 Å². The molecule has 1 aromatic rings.